The molecule has 0 atom stereocenters. The monoisotopic (exact) mass is 325 g/mol. The molecule has 3 heteroatoms. The van der Waals surface area contributed by atoms with Gasteiger partial charge in [0, 0.05) is 6.42 Å². The van der Waals surface area contributed by atoms with E-state index in [4.69, 9.17) is 0 Å². The first-order chi connectivity index (χ1) is 11.1. The average molecular weight is 326 g/mol. The van der Waals surface area contributed by atoms with Crippen molar-refractivity contribution >= 4 is 29.5 Å². The van der Waals surface area contributed by atoms with Gasteiger partial charge in [-0.15, -0.1) is 11.8 Å². The third kappa shape index (κ3) is 3.30. The molecule has 0 saturated carbocycles. The summed E-state index contributed by atoms with van der Waals surface area (Å²) in [5, 5.41) is 0. The Morgan fingerprint density at radius 1 is 1.04 bits per heavy atom. The molecule has 1 heterocycles. The van der Waals surface area contributed by atoms with Crippen LogP contribution in [0.3, 0.4) is 0 Å². The number of benzene rings is 2. The lowest BCUT2D eigenvalue weighted by atomic mass is 10.0. The van der Waals surface area contributed by atoms with Crippen molar-refractivity contribution in [3.8, 4) is 0 Å². The third-order valence-corrected chi connectivity index (χ3v) is 5.18. The van der Waals surface area contributed by atoms with Crippen LogP contribution in [0.15, 0.2) is 41.3 Å². The van der Waals surface area contributed by atoms with Crippen LogP contribution in [0.1, 0.15) is 23.1 Å². The van der Waals surface area contributed by atoms with E-state index in [0.29, 0.717) is 0 Å². The topological polar surface area (TPSA) is 6.25 Å². The molecule has 0 radical (unpaired) electrons. The van der Waals surface area contributed by atoms with Gasteiger partial charge in [-0.3, -0.25) is 0 Å². The fraction of sp³-hybridized carbons (Fsp3) is 0.350. The number of thioether (sulfide) groups is 1. The van der Waals surface area contributed by atoms with Crippen molar-refractivity contribution in [3.05, 3.63) is 53.1 Å². The van der Waals surface area contributed by atoms with Crippen LogP contribution in [0, 0.1) is 20.8 Å². The molecule has 3 rings (SSSR count). The normalized spacial score (nSPS) is 14.8. The summed E-state index contributed by atoms with van der Waals surface area (Å²) in [6.45, 7) is 8.78. The summed E-state index contributed by atoms with van der Waals surface area (Å²) in [6.07, 6.45) is 5.62. The molecule has 2 aromatic carbocycles. The van der Waals surface area contributed by atoms with Gasteiger partial charge in [0.1, 0.15) is 11.4 Å². The standard InChI is InChI=1S/C20H25N2S/c1-15-12-16(2)20(17(3)13-15)22-11-7-10-21(14-22)18-8-5-6-9-19(18)23-4/h5-6,8-9,12-14H,7,10-11H2,1-4H3/q+1. The highest BCUT2D eigenvalue weighted by atomic mass is 32.2. The van der Waals surface area contributed by atoms with Gasteiger partial charge in [-0.1, -0.05) is 29.8 Å². The summed E-state index contributed by atoms with van der Waals surface area (Å²) >= 11 is 1.81. The number of aryl methyl sites for hydroxylation is 3. The molecule has 0 fully saturated rings. The van der Waals surface area contributed by atoms with E-state index in [1.807, 2.05) is 11.8 Å². The minimum atomic E-state index is 1.08. The molecule has 1 aliphatic rings. The summed E-state index contributed by atoms with van der Waals surface area (Å²) < 4.78 is 2.42. The lowest BCUT2D eigenvalue weighted by Crippen LogP contribution is -2.35. The van der Waals surface area contributed by atoms with Crippen molar-refractivity contribution in [2.24, 2.45) is 0 Å². The lowest BCUT2D eigenvalue weighted by molar-refractivity contribution is -0.441. The molecule has 0 aliphatic carbocycles. The highest BCUT2D eigenvalue weighted by molar-refractivity contribution is 7.98. The highest BCUT2D eigenvalue weighted by Crippen LogP contribution is 2.30. The maximum absolute atomic E-state index is 2.42. The van der Waals surface area contributed by atoms with Crippen LogP contribution in [0.2, 0.25) is 0 Å². The molecule has 0 bridgehead atoms. The molecule has 0 N–H and O–H groups in total. The Hall–Kier alpha value is -1.74. The van der Waals surface area contributed by atoms with Gasteiger partial charge in [-0.05, 0) is 50.3 Å². The van der Waals surface area contributed by atoms with Crippen LogP contribution >= 0.6 is 11.8 Å². The van der Waals surface area contributed by atoms with E-state index < -0.39 is 0 Å². The van der Waals surface area contributed by atoms with Crippen molar-refractivity contribution in [1.29, 1.82) is 0 Å². The summed E-state index contributed by atoms with van der Waals surface area (Å²) in [5.74, 6) is 0. The predicted octanol–water partition coefficient (Wildman–Crippen LogP) is 4.92. The molecule has 0 saturated heterocycles. The Kier molecular flexibility index (Phi) is 4.76. The maximum Gasteiger partial charge on any atom is 0.244 e. The molecule has 2 nitrogen and oxygen atoms in total. The summed E-state index contributed by atoms with van der Waals surface area (Å²) in [4.78, 5) is 3.73. The molecule has 0 spiro atoms. The van der Waals surface area contributed by atoms with Crippen LogP contribution in [0.5, 0.6) is 0 Å². The summed E-state index contributed by atoms with van der Waals surface area (Å²) in [5.41, 5.74) is 6.73. The first-order valence-corrected chi connectivity index (χ1v) is 9.42. The second kappa shape index (κ2) is 6.79. The van der Waals surface area contributed by atoms with E-state index in [2.05, 4.69) is 79.2 Å². The fourth-order valence-corrected chi connectivity index (χ4v) is 4.15. The zero-order valence-electron chi connectivity index (χ0n) is 14.5. The molecular formula is C20H25N2S+. The van der Waals surface area contributed by atoms with Crippen LogP contribution in [-0.4, -0.2) is 30.3 Å². The number of anilines is 1. The van der Waals surface area contributed by atoms with Crippen LogP contribution in [-0.2, 0) is 0 Å². The Balaban J connectivity index is 2.03. The third-order valence-electron chi connectivity index (χ3n) is 4.39. The van der Waals surface area contributed by atoms with Gasteiger partial charge >= 0.3 is 0 Å². The van der Waals surface area contributed by atoms with Crippen molar-refractivity contribution in [2.45, 2.75) is 32.1 Å². The van der Waals surface area contributed by atoms with Crippen molar-refractivity contribution in [3.63, 3.8) is 0 Å². The smallest absolute Gasteiger partial charge is 0.233 e. The van der Waals surface area contributed by atoms with E-state index in [1.165, 1.54) is 39.4 Å². The van der Waals surface area contributed by atoms with Crippen LogP contribution < -0.4 is 4.90 Å². The molecule has 120 valence electrons. The number of hydrogen-bond donors (Lipinski definition) is 0. The van der Waals surface area contributed by atoms with E-state index in [-0.39, 0.29) is 0 Å². The summed E-state index contributed by atoms with van der Waals surface area (Å²) in [6, 6.07) is 13.2. The number of nitrogens with zero attached hydrogens (tertiary/aromatic N) is 2. The maximum atomic E-state index is 2.42. The van der Waals surface area contributed by atoms with E-state index >= 15 is 0 Å². The van der Waals surface area contributed by atoms with Crippen molar-refractivity contribution in [2.75, 3.05) is 24.2 Å². The van der Waals surface area contributed by atoms with E-state index in [0.717, 1.165) is 13.1 Å². The van der Waals surface area contributed by atoms with E-state index in [1.54, 1.807) is 0 Å². The summed E-state index contributed by atoms with van der Waals surface area (Å²) in [7, 11) is 0. The Bertz CT molecular complexity index is 726. The molecule has 0 amide bonds. The van der Waals surface area contributed by atoms with Crippen molar-refractivity contribution < 1.29 is 4.58 Å². The minimum Gasteiger partial charge on any atom is -0.233 e. The predicted molar refractivity (Wildman–Crippen MR) is 102 cm³/mol. The molecule has 0 aromatic heterocycles. The molecular weight excluding hydrogens is 300 g/mol. The molecule has 0 unspecified atom stereocenters. The average Bonchev–Trinajstić information content (AvgIpc) is 2.54. The van der Waals surface area contributed by atoms with Crippen LogP contribution in [0.25, 0.3) is 0 Å². The van der Waals surface area contributed by atoms with Gasteiger partial charge in [0.15, 0.2) is 0 Å². The molecule has 23 heavy (non-hydrogen) atoms. The van der Waals surface area contributed by atoms with Crippen molar-refractivity contribution in [1.82, 2.24) is 0 Å². The lowest BCUT2D eigenvalue weighted by Gasteiger charge is -2.23. The zero-order valence-corrected chi connectivity index (χ0v) is 15.3. The quantitative estimate of drug-likeness (QED) is 0.584. The first kappa shape index (κ1) is 16.1. The molecule has 1 aliphatic heterocycles. The largest absolute Gasteiger partial charge is 0.244 e. The Labute approximate surface area is 143 Å². The highest BCUT2D eigenvalue weighted by Gasteiger charge is 2.23. The van der Waals surface area contributed by atoms with Gasteiger partial charge in [-0.25, -0.2) is 9.48 Å². The Morgan fingerprint density at radius 3 is 2.43 bits per heavy atom. The van der Waals surface area contributed by atoms with Gasteiger partial charge in [0.25, 0.3) is 0 Å². The number of rotatable bonds is 3. The van der Waals surface area contributed by atoms with E-state index in [9.17, 15) is 0 Å². The first-order valence-electron chi connectivity index (χ1n) is 8.19. The van der Waals surface area contributed by atoms with Gasteiger partial charge in [-0.2, -0.15) is 0 Å². The van der Waals surface area contributed by atoms with Gasteiger partial charge < -0.3 is 0 Å². The Morgan fingerprint density at radius 2 is 1.74 bits per heavy atom. The minimum absolute atomic E-state index is 1.08. The van der Waals surface area contributed by atoms with Gasteiger partial charge in [0.05, 0.1) is 18.0 Å². The van der Waals surface area contributed by atoms with Gasteiger partial charge in [0.2, 0.25) is 6.34 Å². The molecule has 2 aromatic rings. The fourth-order valence-electron chi connectivity index (χ4n) is 3.54. The number of hydrogen-bond acceptors (Lipinski definition) is 2. The number of para-hydroxylation sites is 1. The SMILES string of the molecule is CSc1ccccc1N1C=[N+](c2c(C)cc(C)cc2C)CCC1. The second-order valence-corrected chi connectivity index (χ2v) is 7.12. The van der Waals surface area contributed by atoms with Crippen LogP contribution in [0.4, 0.5) is 11.4 Å². The second-order valence-electron chi connectivity index (χ2n) is 6.27. The zero-order chi connectivity index (χ0) is 16.4.